The molecule has 0 aliphatic heterocycles. The van der Waals surface area contributed by atoms with E-state index in [9.17, 15) is 4.79 Å². The van der Waals surface area contributed by atoms with Gasteiger partial charge in [0.2, 0.25) is 0 Å². The van der Waals surface area contributed by atoms with Crippen LogP contribution in [0.15, 0.2) is 0 Å². The van der Waals surface area contributed by atoms with Crippen LogP contribution in [-0.4, -0.2) is 25.2 Å². The lowest BCUT2D eigenvalue weighted by atomic mass is 9.83. The normalized spacial score (nSPS) is 24.6. The Morgan fingerprint density at radius 2 is 1.94 bits per heavy atom. The molecule has 0 radical (unpaired) electrons. The SMILES string of the molecule is CCCC1CCC(NCCC(=O)OCC)CC1. The molecule has 17 heavy (non-hydrogen) atoms. The molecule has 0 atom stereocenters. The molecule has 0 spiro atoms. The maximum absolute atomic E-state index is 11.2. The summed E-state index contributed by atoms with van der Waals surface area (Å²) in [6.07, 6.45) is 8.45. The van der Waals surface area contributed by atoms with Gasteiger partial charge in [-0.3, -0.25) is 4.79 Å². The van der Waals surface area contributed by atoms with Crippen molar-refractivity contribution in [3.8, 4) is 0 Å². The van der Waals surface area contributed by atoms with Crippen LogP contribution in [0.1, 0.15) is 58.8 Å². The summed E-state index contributed by atoms with van der Waals surface area (Å²) in [6, 6.07) is 0.623. The van der Waals surface area contributed by atoms with E-state index >= 15 is 0 Å². The van der Waals surface area contributed by atoms with Crippen molar-refractivity contribution >= 4 is 5.97 Å². The smallest absolute Gasteiger partial charge is 0.307 e. The van der Waals surface area contributed by atoms with Gasteiger partial charge >= 0.3 is 5.97 Å². The van der Waals surface area contributed by atoms with Crippen LogP contribution < -0.4 is 5.32 Å². The van der Waals surface area contributed by atoms with E-state index in [1.165, 1.54) is 38.5 Å². The van der Waals surface area contributed by atoms with Gasteiger partial charge in [-0.05, 0) is 38.5 Å². The van der Waals surface area contributed by atoms with E-state index in [2.05, 4.69) is 12.2 Å². The van der Waals surface area contributed by atoms with Crippen LogP contribution in [0, 0.1) is 5.92 Å². The Bertz CT molecular complexity index is 210. The Balaban J connectivity index is 2.04. The fourth-order valence-electron chi connectivity index (χ4n) is 2.68. The van der Waals surface area contributed by atoms with E-state index in [4.69, 9.17) is 4.74 Å². The summed E-state index contributed by atoms with van der Waals surface area (Å²) in [5, 5.41) is 3.47. The number of hydrogen-bond donors (Lipinski definition) is 1. The lowest BCUT2D eigenvalue weighted by molar-refractivity contribution is -0.143. The molecule has 3 heteroatoms. The van der Waals surface area contributed by atoms with Crippen molar-refractivity contribution in [1.29, 1.82) is 0 Å². The molecule has 0 aromatic heterocycles. The highest BCUT2D eigenvalue weighted by Crippen LogP contribution is 2.27. The number of nitrogens with one attached hydrogen (secondary N) is 1. The molecule has 100 valence electrons. The van der Waals surface area contributed by atoms with Crippen LogP contribution in [0.2, 0.25) is 0 Å². The molecule has 0 saturated heterocycles. The van der Waals surface area contributed by atoms with Crippen molar-refractivity contribution in [3.05, 3.63) is 0 Å². The summed E-state index contributed by atoms with van der Waals surface area (Å²) < 4.78 is 4.90. The van der Waals surface area contributed by atoms with Crippen LogP contribution in [0.3, 0.4) is 0 Å². The fraction of sp³-hybridized carbons (Fsp3) is 0.929. The topological polar surface area (TPSA) is 38.3 Å². The molecule has 0 aromatic carbocycles. The number of rotatable bonds is 7. The van der Waals surface area contributed by atoms with E-state index in [0.717, 1.165) is 12.5 Å². The molecule has 0 bridgehead atoms. The number of carbonyl (C=O) groups is 1. The van der Waals surface area contributed by atoms with Gasteiger partial charge in [0.15, 0.2) is 0 Å². The first-order valence-corrected chi connectivity index (χ1v) is 7.15. The van der Waals surface area contributed by atoms with Gasteiger partial charge < -0.3 is 10.1 Å². The van der Waals surface area contributed by atoms with Gasteiger partial charge in [0.1, 0.15) is 0 Å². The standard InChI is InChI=1S/C14H27NO2/c1-3-5-12-6-8-13(9-7-12)15-11-10-14(16)17-4-2/h12-13,15H,3-11H2,1-2H3. The zero-order valence-electron chi connectivity index (χ0n) is 11.3. The number of esters is 1. The highest BCUT2D eigenvalue weighted by Gasteiger charge is 2.19. The zero-order chi connectivity index (χ0) is 12.5. The van der Waals surface area contributed by atoms with Crippen molar-refractivity contribution in [2.24, 2.45) is 5.92 Å². The van der Waals surface area contributed by atoms with Crippen molar-refractivity contribution < 1.29 is 9.53 Å². The van der Waals surface area contributed by atoms with Gasteiger partial charge in [-0.25, -0.2) is 0 Å². The summed E-state index contributed by atoms with van der Waals surface area (Å²) in [5.41, 5.74) is 0. The molecular formula is C14H27NO2. The number of ether oxygens (including phenoxy) is 1. The highest BCUT2D eigenvalue weighted by atomic mass is 16.5. The minimum atomic E-state index is -0.0836. The molecule has 3 nitrogen and oxygen atoms in total. The van der Waals surface area contributed by atoms with E-state index in [1.54, 1.807) is 0 Å². The van der Waals surface area contributed by atoms with Crippen LogP contribution in [0.4, 0.5) is 0 Å². The van der Waals surface area contributed by atoms with Crippen molar-refractivity contribution in [2.45, 2.75) is 64.8 Å². The highest BCUT2D eigenvalue weighted by molar-refractivity contribution is 5.69. The Hall–Kier alpha value is -0.570. The Morgan fingerprint density at radius 1 is 1.24 bits per heavy atom. The fourth-order valence-corrected chi connectivity index (χ4v) is 2.68. The lowest BCUT2D eigenvalue weighted by Gasteiger charge is -2.29. The summed E-state index contributed by atoms with van der Waals surface area (Å²) in [5.74, 6) is 0.864. The predicted octanol–water partition coefficient (Wildman–Crippen LogP) is 2.89. The Kier molecular flexibility index (Phi) is 7.25. The van der Waals surface area contributed by atoms with E-state index < -0.39 is 0 Å². The summed E-state index contributed by atoms with van der Waals surface area (Å²) in [4.78, 5) is 11.2. The molecule has 0 aromatic rings. The molecule has 1 aliphatic carbocycles. The van der Waals surface area contributed by atoms with Crippen LogP contribution in [-0.2, 0) is 9.53 Å². The second-order valence-corrected chi connectivity index (χ2v) is 5.02. The van der Waals surface area contributed by atoms with Crippen LogP contribution in [0.25, 0.3) is 0 Å². The first-order chi connectivity index (χ1) is 8.26. The van der Waals surface area contributed by atoms with Crippen molar-refractivity contribution in [1.82, 2.24) is 5.32 Å². The van der Waals surface area contributed by atoms with Gasteiger partial charge in [0.25, 0.3) is 0 Å². The zero-order valence-corrected chi connectivity index (χ0v) is 11.3. The van der Waals surface area contributed by atoms with Gasteiger partial charge in [0, 0.05) is 12.6 Å². The molecule has 1 N–H and O–H groups in total. The molecule has 1 fully saturated rings. The first kappa shape index (κ1) is 14.5. The second kappa shape index (κ2) is 8.51. The van der Waals surface area contributed by atoms with E-state index in [1.807, 2.05) is 6.92 Å². The quantitative estimate of drug-likeness (QED) is 0.697. The number of hydrogen-bond acceptors (Lipinski definition) is 3. The van der Waals surface area contributed by atoms with Gasteiger partial charge in [-0.2, -0.15) is 0 Å². The maximum Gasteiger partial charge on any atom is 0.307 e. The van der Waals surface area contributed by atoms with Gasteiger partial charge in [-0.15, -0.1) is 0 Å². The van der Waals surface area contributed by atoms with Crippen LogP contribution >= 0.6 is 0 Å². The Morgan fingerprint density at radius 3 is 2.53 bits per heavy atom. The lowest BCUT2D eigenvalue weighted by Crippen LogP contribution is -2.34. The monoisotopic (exact) mass is 241 g/mol. The molecule has 0 unspecified atom stereocenters. The summed E-state index contributed by atoms with van der Waals surface area (Å²) in [7, 11) is 0. The molecule has 0 heterocycles. The summed E-state index contributed by atoms with van der Waals surface area (Å²) >= 11 is 0. The molecule has 0 amide bonds. The van der Waals surface area contributed by atoms with Gasteiger partial charge in [0.05, 0.1) is 13.0 Å². The van der Waals surface area contributed by atoms with Crippen molar-refractivity contribution in [3.63, 3.8) is 0 Å². The third-order valence-electron chi connectivity index (χ3n) is 3.61. The average Bonchev–Trinajstić information content (AvgIpc) is 2.32. The van der Waals surface area contributed by atoms with Crippen LogP contribution in [0.5, 0.6) is 0 Å². The minimum absolute atomic E-state index is 0.0836. The maximum atomic E-state index is 11.2. The van der Waals surface area contributed by atoms with E-state index in [-0.39, 0.29) is 5.97 Å². The largest absolute Gasteiger partial charge is 0.466 e. The third-order valence-corrected chi connectivity index (χ3v) is 3.61. The number of carbonyl (C=O) groups excluding carboxylic acids is 1. The molecular weight excluding hydrogens is 214 g/mol. The summed E-state index contributed by atoms with van der Waals surface area (Å²) in [6.45, 7) is 5.37. The van der Waals surface area contributed by atoms with Gasteiger partial charge in [-0.1, -0.05) is 19.8 Å². The Labute approximate surface area is 105 Å². The second-order valence-electron chi connectivity index (χ2n) is 5.02. The third kappa shape index (κ3) is 6.06. The first-order valence-electron chi connectivity index (χ1n) is 7.15. The van der Waals surface area contributed by atoms with E-state index in [0.29, 0.717) is 19.1 Å². The minimum Gasteiger partial charge on any atom is -0.466 e. The molecule has 1 rings (SSSR count). The molecule has 1 saturated carbocycles. The average molecular weight is 241 g/mol. The van der Waals surface area contributed by atoms with Crippen molar-refractivity contribution in [2.75, 3.05) is 13.2 Å². The predicted molar refractivity (Wildman–Crippen MR) is 69.9 cm³/mol. The molecule has 1 aliphatic rings.